The van der Waals surface area contributed by atoms with E-state index < -0.39 is 11.7 Å². The summed E-state index contributed by atoms with van der Waals surface area (Å²) < 4.78 is 39.0. The van der Waals surface area contributed by atoms with Crippen LogP contribution in [0.1, 0.15) is 11.1 Å². The number of rotatable bonds is 2. The highest BCUT2D eigenvalue weighted by atomic mass is 32.1. The van der Waals surface area contributed by atoms with Gasteiger partial charge in [-0.2, -0.15) is 13.2 Å². The summed E-state index contributed by atoms with van der Waals surface area (Å²) in [4.78, 5) is 5.09. The molecule has 2 aromatic heterocycles. The molecule has 3 rings (SSSR count). The van der Waals surface area contributed by atoms with E-state index in [0.29, 0.717) is 11.9 Å². The lowest BCUT2D eigenvalue weighted by molar-refractivity contribution is -0.137. The van der Waals surface area contributed by atoms with Gasteiger partial charge in [-0.3, -0.25) is 4.98 Å². The van der Waals surface area contributed by atoms with Crippen LogP contribution < -0.4 is 5.73 Å². The lowest BCUT2D eigenvalue weighted by Crippen LogP contribution is -2.03. The van der Waals surface area contributed by atoms with Gasteiger partial charge in [0.1, 0.15) is 0 Å². The van der Waals surface area contributed by atoms with Crippen LogP contribution in [-0.2, 0) is 12.7 Å². The number of alkyl halides is 3. The molecule has 0 aliphatic heterocycles. The lowest BCUT2D eigenvalue weighted by Gasteiger charge is -2.05. The Balaban J connectivity index is 2.08. The molecule has 2 nitrogen and oxygen atoms in total. The predicted octanol–water partition coefficient (Wildman–Crippen LogP) is 4.44. The Morgan fingerprint density at radius 2 is 1.90 bits per heavy atom. The van der Waals surface area contributed by atoms with E-state index in [9.17, 15) is 13.2 Å². The second-order valence-corrected chi connectivity index (χ2v) is 5.70. The topological polar surface area (TPSA) is 38.9 Å². The zero-order valence-corrected chi connectivity index (χ0v) is 11.6. The molecule has 0 aliphatic carbocycles. The second-order valence-electron chi connectivity index (χ2n) is 4.61. The van der Waals surface area contributed by atoms with Crippen molar-refractivity contribution in [3.05, 3.63) is 53.7 Å². The molecule has 0 aliphatic rings. The number of nitrogens with zero attached hydrogens (tertiary/aromatic N) is 1. The molecule has 2 N–H and O–H groups in total. The first-order chi connectivity index (χ1) is 9.97. The molecule has 21 heavy (non-hydrogen) atoms. The molecular weight excluding hydrogens is 297 g/mol. The standard InChI is InChI=1S/C15H11F3N2S/c16-15(17,18)11-1-2-13-10(6-11)7-14(21-13)12-5-9(8-19)3-4-20-12/h1-7H,8,19H2. The number of fused-ring (bicyclic) bond motifs is 1. The summed E-state index contributed by atoms with van der Waals surface area (Å²) in [5.41, 5.74) is 6.62. The summed E-state index contributed by atoms with van der Waals surface area (Å²) in [5.74, 6) is 0. The molecule has 0 atom stereocenters. The van der Waals surface area contributed by atoms with Crippen LogP contribution in [-0.4, -0.2) is 4.98 Å². The van der Waals surface area contributed by atoms with Gasteiger partial charge >= 0.3 is 6.18 Å². The van der Waals surface area contributed by atoms with Gasteiger partial charge in [-0.25, -0.2) is 0 Å². The first-order valence-electron chi connectivity index (χ1n) is 6.23. The minimum Gasteiger partial charge on any atom is -0.326 e. The van der Waals surface area contributed by atoms with Crippen LogP contribution in [0.2, 0.25) is 0 Å². The summed E-state index contributed by atoms with van der Waals surface area (Å²) >= 11 is 1.42. The van der Waals surface area contributed by atoms with Gasteiger partial charge in [0.25, 0.3) is 0 Å². The van der Waals surface area contributed by atoms with E-state index in [1.807, 2.05) is 12.1 Å². The molecule has 0 amide bonds. The molecule has 108 valence electrons. The van der Waals surface area contributed by atoms with Crippen molar-refractivity contribution in [3.63, 3.8) is 0 Å². The maximum Gasteiger partial charge on any atom is 0.416 e. The minimum atomic E-state index is -4.33. The van der Waals surface area contributed by atoms with Gasteiger partial charge in [-0.05, 0) is 47.3 Å². The van der Waals surface area contributed by atoms with E-state index in [4.69, 9.17) is 5.73 Å². The molecule has 1 aromatic carbocycles. The monoisotopic (exact) mass is 308 g/mol. The van der Waals surface area contributed by atoms with Crippen LogP contribution >= 0.6 is 11.3 Å². The van der Waals surface area contributed by atoms with Gasteiger partial charge in [0.2, 0.25) is 0 Å². The number of pyridine rings is 1. The van der Waals surface area contributed by atoms with E-state index in [1.165, 1.54) is 23.5 Å². The molecule has 2 heterocycles. The fraction of sp³-hybridized carbons (Fsp3) is 0.133. The number of nitrogens with two attached hydrogens (primary N) is 1. The molecular formula is C15H11F3N2S. The molecule has 0 unspecified atom stereocenters. The van der Waals surface area contributed by atoms with Gasteiger partial charge in [-0.1, -0.05) is 0 Å². The van der Waals surface area contributed by atoms with E-state index in [-0.39, 0.29) is 0 Å². The number of aromatic nitrogens is 1. The average molecular weight is 308 g/mol. The Labute approximate surface area is 123 Å². The second kappa shape index (κ2) is 5.13. The van der Waals surface area contributed by atoms with Crippen molar-refractivity contribution in [1.29, 1.82) is 0 Å². The van der Waals surface area contributed by atoms with Crippen LogP contribution in [0.5, 0.6) is 0 Å². The highest BCUT2D eigenvalue weighted by Crippen LogP contribution is 2.37. The molecule has 3 aromatic rings. The summed E-state index contributed by atoms with van der Waals surface area (Å²) in [6.45, 7) is 0.401. The highest BCUT2D eigenvalue weighted by molar-refractivity contribution is 7.22. The van der Waals surface area contributed by atoms with Crippen LogP contribution in [0.3, 0.4) is 0 Å². The first-order valence-corrected chi connectivity index (χ1v) is 7.05. The van der Waals surface area contributed by atoms with E-state index >= 15 is 0 Å². The van der Waals surface area contributed by atoms with Crippen molar-refractivity contribution in [2.24, 2.45) is 5.73 Å². The number of benzene rings is 1. The number of hydrogen-bond acceptors (Lipinski definition) is 3. The first kappa shape index (κ1) is 14.0. The quantitative estimate of drug-likeness (QED) is 0.760. The predicted molar refractivity (Wildman–Crippen MR) is 77.9 cm³/mol. The third-order valence-corrected chi connectivity index (χ3v) is 4.29. The maximum absolute atomic E-state index is 12.7. The molecule has 6 heteroatoms. The Morgan fingerprint density at radius 3 is 2.62 bits per heavy atom. The van der Waals surface area contributed by atoms with E-state index in [1.54, 1.807) is 12.3 Å². The number of hydrogen-bond donors (Lipinski definition) is 1. The minimum absolute atomic E-state index is 0.401. The summed E-state index contributed by atoms with van der Waals surface area (Å²) in [6.07, 6.45) is -2.67. The van der Waals surface area contributed by atoms with Crippen LogP contribution in [0.4, 0.5) is 13.2 Å². The molecule has 0 spiro atoms. The number of thiophene rings is 1. The largest absolute Gasteiger partial charge is 0.416 e. The van der Waals surface area contributed by atoms with Crippen molar-refractivity contribution >= 4 is 21.4 Å². The molecule has 0 fully saturated rings. The van der Waals surface area contributed by atoms with Crippen molar-refractivity contribution in [2.75, 3.05) is 0 Å². The van der Waals surface area contributed by atoms with Crippen molar-refractivity contribution in [2.45, 2.75) is 12.7 Å². The molecule has 0 saturated heterocycles. The third-order valence-electron chi connectivity index (χ3n) is 3.16. The Bertz CT molecular complexity index is 793. The smallest absolute Gasteiger partial charge is 0.326 e. The van der Waals surface area contributed by atoms with Crippen molar-refractivity contribution in [3.8, 4) is 10.6 Å². The molecule has 0 saturated carbocycles. The van der Waals surface area contributed by atoms with Crippen LogP contribution in [0.25, 0.3) is 20.7 Å². The Kier molecular flexibility index (Phi) is 3.43. The highest BCUT2D eigenvalue weighted by Gasteiger charge is 2.30. The van der Waals surface area contributed by atoms with Gasteiger partial charge < -0.3 is 5.73 Å². The van der Waals surface area contributed by atoms with E-state index in [0.717, 1.165) is 26.9 Å². The Morgan fingerprint density at radius 1 is 1.10 bits per heavy atom. The fourth-order valence-corrected chi connectivity index (χ4v) is 3.09. The summed E-state index contributed by atoms with van der Waals surface area (Å²) in [6, 6.07) is 9.18. The van der Waals surface area contributed by atoms with Crippen LogP contribution in [0.15, 0.2) is 42.6 Å². The van der Waals surface area contributed by atoms with Gasteiger partial charge in [-0.15, -0.1) is 11.3 Å². The summed E-state index contributed by atoms with van der Waals surface area (Å²) in [7, 11) is 0. The molecule has 0 radical (unpaired) electrons. The zero-order chi connectivity index (χ0) is 15.0. The SMILES string of the molecule is NCc1ccnc(-c2cc3cc(C(F)(F)F)ccc3s2)c1. The third kappa shape index (κ3) is 2.77. The van der Waals surface area contributed by atoms with E-state index in [2.05, 4.69) is 4.98 Å². The Hall–Kier alpha value is -1.92. The maximum atomic E-state index is 12.7. The normalized spacial score (nSPS) is 12.0. The van der Waals surface area contributed by atoms with Crippen molar-refractivity contribution in [1.82, 2.24) is 4.98 Å². The van der Waals surface area contributed by atoms with Crippen molar-refractivity contribution < 1.29 is 13.2 Å². The zero-order valence-electron chi connectivity index (χ0n) is 10.8. The lowest BCUT2D eigenvalue weighted by atomic mass is 10.1. The number of halogens is 3. The van der Waals surface area contributed by atoms with Gasteiger partial charge in [0.15, 0.2) is 0 Å². The average Bonchev–Trinajstić information content (AvgIpc) is 2.89. The summed E-state index contributed by atoms with van der Waals surface area (Å²) in [5, 5.41) is 0.574. The fourth-order valence-electron chi connectivity index (χ4n) is 2.08. The van der Waals surface area contributed by atoms with Crippen LogP contribution in [0, 0.1) is 0 Å². The molecule has 0 bridgehead atoms. The van der Waals surface area contributed by atoms with Gasteiger partial charge in [0, 0.05) is 17.4 Å². The van der Waals surface area contributed by atoms with Gasteiger partial charge in [0.05, 0.1) is 16.1 Å².